The highest BCUT2D eigenvalue weighted by molar-refractivity contribution is 5.98. The van der Waals surface area contributed by atoms with Gasteiger partial charge in [0.05, 0.1) is 16.5 Å². The van der Waals surface area contributed by atoms with Crippen molar-refractivity contribution < 1.29 is 19.1 Å². The van der Waals surface area contributed by atoms with Crippen LogP contribution in [0.2, 0.25) is 0 Å². The molecular weight excluding hydrogens is 412 g/mol. The lowest BCUT2D eigenvalue weighted by molar-refractivity contribution is -0.123. The molecule has 0 saturated heterocycles. The maximum Gasteiger partial charge on any atom is 0.338 e. The van der Waals surface area contributed by atoms with Crippen LogP contribution in [0.1, 0.15) is 67.5 Å². The number of carbonyl (C=O) groups is 3. The number of benzene rings is 1. The van der Waals surface area contributed by atoms with E-state index < -0.39 is 24.5 Å². The number of aromatic nitrogens is 2. The van der Waals surface area contributed by atoms with Crippen LogP contribution >= 0.6 is 0 Å². The number of hydrogen-bond donors (Lipinski definition) is 2. The highest BCUT2D eigenvalue weighted by Crippen LogP contribution is 2.18. The van der Waals surface area contributed by atoms with Crippen molar-refractivity contribution in [2.75, 3.05) is 6.61 Å². The molecule has 9 heteroatoms. The molecule has 1 aliphatic carbocycles. The number of amides is 3. The Morgan fingerprint density at radius 3 is 2.66 bits per heavy atom. The zero-order chi connectivity index (χ0) is 22.5. The Hall–Kier alpha value is -3.23. The Morgan fingerprint density at radius 1 is 1.06 bits per heavy atom. The van der Waals surface area contributed by atoms with Gasteiger partial charge in [-0.3, -0.25) is 19.5 Å². The van der Waals surface area contributed by atoms with E-state index in [4.69, 9.17) is 4.74 Å². The van der Waals surface area contributed by atoms with Gasteiger partial charge >= 0.3 is 12.0 Å². The summed E-state index contributed by atoms with van der Waals surface area (Å²) in [5.74, 6) is -0.686. The molecule has 2 N–H and O–H groups in total. The predicted octanol–water partition coefficient (Wildman–Crippen LogP) is 2.44. The third-order valence-electron chi connectivity index (χ3n) is 6.08. The first-order valence-electron chi connectivity index (χ1n) is 11.3. The summed E-state index contributed by atoms with van der Waals surface area (Å²) in [7, 11) is 0. The molecule has 32 heavy (non-hydrogen) atoms. The molecule has 2 aromatic rings. The number of nitrogens with one attached hydrogen (secondary N) is 2. The Labute approximate surface area is 185 Å². The molecule has 1 saturated carbocycles. The van der Waals surface area contributed by atoms with Crippen LogP contribution in [-0.4, -0.2) is 40.1 Å². The molecule has 2 heterocycles. The van der Waals surface area contributed by atoms with E-state index in [0.29, 0.717) is 17.4 Å². The van der Waals surface area contributed by atoms with Gasteiger partial charge in [-0.15, -0.1) is 0 Å². The molecule has 3 amide bonds. The van der Waals surface area contributed by atoms with E-state index in [1.807, 2.05) is 0 Å². The van der Waals surface area contributed by atoms with Crippen molar-refractivity contribution in [2.45, 2.75) is 70.4 Å². The monoisotopic (exact) mass is 440 g/mol. The molecule has 170 valence electrons. The Morgan fingerprint density at radius 2 is 1.84 bits per heavy atom. The summed E-state index contributed by atoms with van der Waals surface area (Å²) < 4.78 is 6.77. The molecule has 0 atom stereocenters. The number of urea groups is 1. The third-order valence-corrected chi connectivity index (χ3v) is 6.08. The second kappa shape index (κ2) is 9.93. The second-order valence-electron chi connectivity index (χ2n) is 8.46. The van der Waals surface area contributed by atoms with E-state index >= 15 is 0 Å². The van der Waals surface area contributed by atoms with Gasteiger partial charge in [0.1, 0.15) is 5.82 Å². The number of hydrogen-bond acceptors (Lipinski definition) is 6. The summed E-state index contributed by atoms with van der Waals surface area (Å²) in [5, 5.41) is 5.41. The van der Waals surface area contributed by atoms with Gasteiger partial charge in [-0.2, -0.15) is 0 Å². The molecule has 0 spiro atoms. The highest BCUT2D eigenvalue weighted by Gasteiger charge is 2.19. The van der Waals surface area contributed by atoms with Crippen LogP contribution in [0.15, 0.2) is 23.0 Å². The Kier molecular flexibility index (Phi) is 6.82. The molecule has 1 aromatic heterocycles. The quantitative estimate of drug-likeness (QED) is 0.705. The normalized spacial score (nSPS) is 16.6. The number of nitrogens with zero attached hydrogens (tertiary/aromatic N) is 2. The van der Waals surface area contributed by atoms with Crippen molar-refractivity contribution in [3.8, 4) is 0 Å². The average Bonchev–Trinajstić information content (AvgIpc) is 3.03. The molecule has 4 rings (SSSR count). The number of fused-ring (bicyclic) bond motifs is 2. The number of rotatable bonds is 4. The van der Waals surface area contributed by atoms with E-state index in [2.05, 4.69) is 15.6 Å². The number of ether oxygens (including phenoxy) is 1. The average molecular weight is 441 g/mol. The molecule has 1 fully saturated rings. The summed E-state index contributed by atoms with van der Waals surface area (Å²) in [6.07, 6.45) is 8.79. The van der Waals surface area contributed by atoms with Crippen LogP contribution in [-0.2, 0) is 22.5 Å². The minimum absolute atomic E-state index is 0.0725. The summed E-state index contributed by atoms with van der Waals surface area (Å²) in [4.78, 5) is 53.7. The largest absolute Gasteiger partial charge is 0.452 e. The topological polar surface area (TPSA) is 119 Å². The van der Waals surface area contributed by atoms with E-state index in [9.17, 15) is 19.2 Å². The lowest BCUT2D eigenvalue weighted by atomic mass is 9.96. The zero-order valence-electron chi connectivity index (χ0n) is 18.0. The number of esters is 1. The third kappa shape index (κ3) is 5.15. The van der Waals surface area contributed by atoms with Crippen molar-refractivity contribution in [2.24, 2.45) is 0 Å². The van der Waals surface area contributed by atoms with Crippen LogP contribution in [0.25, 0.3) is 10.9 Å². The fraction of sp³-hybridized carbons (Fsp3) is 0.522. The summed E-state index contributed by atoms with van der Waals surface area (Å²) in [5.41, 5.74) is 0.534. The molecule has 9 nitrogen and oxygen atoms in total. The number of imide groups is 1. The fourth-order valence-corrected chi connectivity index (χ4v) is 4.39. The highest BCUT2D eigenvalue weighted by atomic mass is 16.5. The Balaban J connectivity index is 1.36. The SMILES string of the molecule is O=C(COC(=O)c1ccc2c(=O)n3c(nc2c1)CCCCC3)NC(=O)NC1CCCCC1. The second-order valence-corrected chi connectivity index (χ2v) is 8.46. The van der Waals surface area contributed by atoms with E-state index in [0.717, 1.165) is 63.6 Å². The van der Waals surface area contributed by atoms with Crippen LogP contribution in [0.4, 0.5) is 4.79 Å². The first-order chi connectivity index (χ1) is 15.5. The molecular formula is C23H28N4O5. The van der Waals surface area contributed by atoms with Crippen molar-refractivity contribution in [3.63, 3.8) is 0 Å². The molecule has 1 aromatic carbocycles. The number of carbonyl (C=O) groups excluding carboxylic acids is 3. The molecule has 1 aliphatic heterocycles. The van der Waals surface area contributed by atoms with E-state index in [1.54, 1.807) is 10.6 Å². The van der Waals surface area contributed by atoms with Crippen LogP contribution in [0, 0.1) is 0 Å². The standard InChI is InChI=1S/C23H28N4O5/c28-20(26-23(31)24-16-7-3-1-4-8-16)14-32-22(30)15-10-11-17-18(13-15)25-19-9-5-2-6-12-27(19)21(17)29/h10-11,13,16H,1-9,12,14H2,(H2,24,26,28,31). The predicted molar refractivity (Wildman–Crippen MR) is 117 cm³/mol. The van der Waals surface area contributed by atoms with Gasteiger partial charge in [-0.1, -0.05) is 25.7 Å². The van der Waals surface area contributed by atoms with Crippen molar-refractivity contribution in [1.82, 2.24) is 20.2 Å². The van der Waals surface area contributed by atoms with E-state index in [1.165, 1.54) is 12.1 Å². The van der Waals surface area contributed by atoms with Crippen molar-refractivity contribution in [1.29, 1.82) is 0 Å². The van der Waals surface area contributed by atoms with Crippen LogP contribution < -0.4 is 16.2 Å². The maximum absolute atomic E-state index is 12.8. The maximum atomic E-state index is 12.8. The van der Waals surface area contributed by atoms with Crippen LogP contribution in [0.5, 0.6) is 0 Å². The Bertz CT molecular complexity index is 1090. The molecule has 0 unspecified atom stereocenters. The van der Waals surface area contributed by atoms with Crippen molar-refractivity contribution >= 4 is 28.8 Å². The first kappa shape index (κ1) is 22.0. The van der Waals surface area contributed by atoms with Gasteiger partial charge < -0.3 is 10.1 Å². The van der Waals surface area contributed by atoms with Gasteiger partial charge in [-0.25, -0.2) is 14.6 Å². The lowest BCUT2D eigenvalue weighted by Crippen LogP contribution is -2.46. The molecule has 2 aliphatic rings. The van der Waals surface area contributed by atoms with Gasteiger partial charge in [-0.05, 0) is 43.9 Å². The fourth-order valence-electron chi connectivity index (χ4n) is 4.39. The van der Waals surface area contributed by atoms with Gasteiger partial charge in [0, 0.05) is 19.0 Å². The van der Waals surface area contributed by atoms with Crippen LogP contribution in [0.3, 0.4) is 0 Å². The van der Waals surface area contributed by atoms with Gasteiger partial charge in [0.25, 0.3) is 11.5 Å². The minimum Gasteiger partial charge on any atom is -0.452 e. The lowest BCUT2D eigenvalue weighted by Gasteiger charge is -2.22. The first-order valence-corrected chi connectivity index (χ1v) is 11.3. The summed E-state index contributed by atoms with van der Waals surface area (Å²) in [6.45, 7) is 0.0829. The zero-order valence-corrected chi connectivity index (χ0v) is 18.0. The molecule has 0 bridgehead atoms. The summed E-state index contributed by atoms with van der Waals surface area (Å²) in [6, 6.07) is 4.07. The van der Waals surface area contributed by atoms with Gasteiger partial charge in [0.2, 0.25) is 0 Å². The van der Waals surface area contributed by atoms with Crippen molar-refractivity contribution in [3.05, 3.63) is 39.9 Å². The number of aryl methyl sites for hydroxylation is 1. The van der Waals surface area contributed by atoms with E-state index in [-0.39, 0.29) is 17.2 Å². The minimum atomic E-state index is -0.716. The summed E-state index contributed by atoms with van der Waals surface area (Å²) >= 11 is 0. The smallest absolute Gasteiger partial charge is 0.338 e. The van der Waals surface area contributed by atoms with Gasteiger partial charge in [0.15, 0.2) is 6.61 Å². The molecule has 0 radical (unpaired) electrons.